The molecule has 3 N–H and O–H groups in total. The van der Waals surface area contributed by atoms with Crippen LogP contribution in [-0.2, 0) is 27.3 Å². The zero-order valence-electron chi connectivity index (χ0n) is 12.3. The summed E-state index contributed by atoms with van der Waals surface area (Å²) in [6.45, 7) is -0.871. The van der Waals surface area contributed by atoms with Gasteiger partial charge in [0, 0.05) is 39.4 Å². The van der Waals surface area contributed by atoms with Crippen LogP contribution in [0.5, 0.6) is 0 Å². The number of aromatic carboxylic acids is 1. The van der Waals surface area contributed by atoms with E-state index in [0.717, 1.165) is 24.9 Å². The number of nitrogens with zero attached hydrogens (tertiary/aromatic N) is 3. The average Bonchev–Trinajstić information content (AvgIpc) is 2.89. The maximum absolute atomic E-state index is 10.9. The van der Waals surface area contributed by atoms with E-state index in [-0.39, 0.29) is 46.5 Å². The maximum Gasteiger partial charge on any atom is 0.354 e. The molecule has 1 unspecified atom stereocenters. The quantitative estimate of drug-likeness (QED) is 0.546. The Bertz CT molecular complexity index is 557. The van der Waals surface area contributed by atoms with Crippen molar-refractivity contribution in [1.29, 1.82) is 0 Å². The van der Waals surface area contributed by atoms with Crippen LogP contribution in [0.2, 0.25) is 0 Å². The van der Waals surface area contributed by atoms with Gasteiger partial charge in [-0.05, 0) is 18.9 Å². The third kappa shape index (κ3) is 4.11. The summed E-state index contributed by atoms with van der Waals surface area (Å²) in [7, 11) is 0. The van der Waals surface area contributed by atoms with Crippen molar-refractivity contribution in [2.75, 3.05) is 13.5 Å². The molecule has 118 valence electrons. The van der Waals surface area contributed by atoms with Crippen molar-refractivity contribution >= 4 is 17.6 Å². The number of carboxylic acid groups (broad SMARTS) is 1. The van der Waals surface area contributed by atoms with E-state index in [1.807, 2.05) is 4.90 Å². The van der Waals surface area contributed by atoms with Gasteiger partial charge in [-0.25, -0.2) is 23.6 Å². The van der Waals surface area contributed by atoms with Crippen LogP contribution in [0.3, 0.4) is 0 Å². The minimum Gasteiger partial charge on any atom is -0.477 e. The summed E-state index contributed by atoms with van der Waals surface area (Å²) in [5, 5.41) is 8.94. The third-order valence-electron chi connectivity index (χ3n) is 3.27. The van der Waals surface area contributed by atoms with Crippen LogP contribution in [0.1, 0.15) is 34.9 Å². The Morgan fingerprint density at radius 1 is 1.50 bits per heavy atom. The standard InChI is InChI=1S/C11H12N4O2.CH2F2.CH3.Cd/c12-11-14-8-5-13-7(10(16)17)4-6(8)9-2-1-3-15(9)11;2-1-3;;/h4-5,9H,1-3H2,(H2,12,14)(H,16,17);1H2;1H3;/q;;-1;. The molecule has 3 rings (SSSR count). The van der Waals surface area contributed by atoms with Gasteiger partial charge < -0.3 is 23.2 Å². The van der Waals surface area contributed by atoms with Gasteiger partial charge >= 0.3 is 5.97 Å². The smallest absolute Gasteiger partial charge is 0.354 e. The first-order chi connectivity index (χ1) is 9.58. The number of hydrogen-bond donors (Lipinski definition) is 2. The molecular weight excluding hydrogens is 395 g/mol. The Balaban J connectivity index is 0.000000820. The van der Waals surface area contributed by atoms with E-state index in [2.05, 4.69) is 9.98 Å². The molecule has 1 aromatic heterocycles. The number of aliphatic imine (C=N–C) groups is 1. The molecule has 3 heterocycles. The number of fused-ring (bicyclic) bond motifs is 3. The number of rotatable bonds is 1. The first-order valence-corrected chi connectivity index (χ1v) is 6.04. The molecule has 0 aromatic carbocycles. The predicted octanol–water partition coefficient (Wildman–Crippen LogP) is 2.21. The molecule has 0 aliphatic carbocycles. The van der Waals surface area contributed by atoms with Crippen LogP contribution < -0.4 is 5.73 Å². The number of pyridine rings is 1. The van der Waals surface area contributed by atoms with Crippen molar-refractivity contribution < 1.29 is 46.0 Å². The van der Waals surface area contributed by atoms with Crippen molar-refractivity contribution in [2.24, 2.45) is 10.7 Å². The van der Waals surface area contributed by atoms with Crippen LogP contribution in [0, 0.1) is 7.43 Å². The minimum absolute atomic E-state index is 0. The molecule has 1 saturated heterocycles. The maximum atomic E-state index is 10.9. The molecule has 0 spiro atoms. The second-order valence-corrected chi connectivity index (χ2v) is 4.36. The van der Waals surface area contributed by atoms with Gasteiger partial charge in [0.2, 0.25) is 6.93 Å². The molecule has 22 heavy (non-hydrogen) atoms. The fourth-order valence-corrected chi connectivity index (χ4v) is 2.49. The van der Waals surface area contributed by atoms with Crippen LogP contribution in [0.15, 0.2) is 17.3 Å². The minimum atomic E-state index is -1.75. The van der Waals surface area contributed by atoms with Gasteiger partial charge in [0.25, 0.3) is 0 Å². The second-order valence-electron chi connectivity index (χ2n) is 4.36. The molecule has 0 bridgehead atoms. The van der Waals surface area contributed by atoms with Crippen molar-refractivity contribution in [3.8, 4) is 0 Å². The summed E-state index contributed by atoms with van der Waals surface area (Å²) < 4.78 is 19.2. The molecule has 0 saturated carbocycles. The van der Waals surface area contributed by atoms with E-state index in [1.54, 1.807) is 6.07 Å². The summed E-state index contributed by atoms with van der Waals surface area (Å²) in [6.07, 6.45) is 3.51. The van der Waals surface area contributed by atoms with E-state index in [4.69, 9.17) is 10.8 Å². The molecule has 1 atom stereocenters. The molecule has 6 nitrogen and oxygen atoms in total. The second kappa shape index (κ2) is 8.96. The number of nitrogens with two attached hydrogens (primary N) is 1. The number of hydrogen-bond acceptors (Lipinski definition) is 5. The molecule has 0 amide bonds. The van der Waals surface area contributed by atoms with Gasteiger partial charge in [-0.3, -0.25) is 0 Å². The molecule has 2 aliphatic heterocycles. The van der Waals surface area contributed by atoms with Gasteiger partial charge in [-0.1, -0.05) is 0 Å². The first-order valence-electron chi connectivity index (χ1n) is 6.04. The Labute approximate surface area is 147 Å². The van der Waals surface area contributed by atoms with E-state index < -0.39 is 12.9 Å². The Morgan fingerprint density at radius 2 is 2.14 bits per heavy atom. The Hall–Kier alpha value is -1.33. The van der Waals surface area contributed by atoms with Crippen molar-refractivity contribution in [1.82, 2.24) is 9.88 Å². The molecular formula is C13H17CdF2N4O2-. The van der Waals surface area contributed by atoms with Crippen molar-refractivity contribution in [3.63, 3.8) is 0 Å². The Morgan fingerprint density at radius 3 is 2.73 bits per heavy atom. The van der Waals surface area contributed by atoms with Crippen LogP contribution in [-0.4, -0.2) is 40.4 Å². The summed E-state index contributed by atoms with van der Waals surface area (Å²) in [4.78, 5) is 21.0. The number of alkyl halides is 2. The number of aromatic nitrogens is 1. The van der Waals surface area contributed by atoms with Gasteiger partial charge in [0.05, 0.1) is 17.9 Å². The summed E-state index contributed by atoms with van der Waals surface area (Å²) in [5.41, 5.74) is 7.54. The molecule has 1 aromatic rings. The van der Waals surface area contributed by atoms with Crippen LogP contribution >= 0.6 is 0 Å². The summed E-state index contributed by atoms with van der Waals surface area (Å²) >= 11 is 0. The van der Waals surface area contributed by atoms with Gasteiger partial charge in [-0.2, -0.15) is 0 Å². The van der Waals surface area contributed by atoms with E-state index in [0.29, 0.717) is 11.6 Å². The normalized spacial score (nSPS) is 17.6. The number of halogens is 2. The average molecular weight is 412 g/mol. The fraction of sp³-hybridized carbons (Fsp3) is 0.385. The predicted molar refractivity (Wildman–Crippen MR) is 74.7 cm³/mol. The monoisotopic (exact) mass is 413 g/mol. The summed E-state index contributed by atoms with van der Waals surface area (Å²) in [5.74, 6) is -0.509. The van der Waals surface area contributed by atoms with Crippen LogP contribution in [0.25, 0.3) is 0 Å². The zero-order chi connectivity index (χ0) is 14.7. The molecule has 2 aliphatic rings. The summed E-state index contributed by atoms with van der Waals surface area (Å²) in [6, 6.07) is 1.76. The van der Waals surface area contributed by atoms with Gasteiger partial charge in [0.15, 0.2) is 5.96 Å². The fourth-order valence-electron chi connectivity index (χ4n) is 2.49. The van der Waals surface area contributed by atoms with E-state index >= 15 is 0 Å². The van der Waals surface area contributed by atoms with E-state index in [1.165, 1.54) is 6.20 Å². The van der Waals surface area contributed by atoms with Crippen molar-refractivity contribution in [3.05, 3.63) is 30.9 Å². The van der Waals surface area contributed by atoms with Crippen molar-refractivity contribution in [2.45, 2.75) is 18.9 Å². The van der Waals surface area contributed by atoms with E-state index in [9.17, 15) is 13.6 Å². The Kier molecular flexibility index (Phi) is 8.42. The molecule has 0 radical (unpaired) electrons. The third-order valence-corrected chi connectivity index (χ3v) is 3.27. The molecule has 9 heteroatoms. The number of guanidine groups is 1. The molecule has 1 fully saturated rings. The zero-order valence-corrected chi connectivity index (χ0v) is 16.3. The largest absolute Gasteiger partial charge is 0.477 e. The van der Waals surface area contributed by atoms with Gasteiger partial charge in [0.1, 0.15) is 5.69 Å². The number of carbonyl (C=O) groups is 1. The SMILES string of the molecule is FCF.NC1=Nc2cnc(C(=O)O)cc2C2CCCN12.[CH3-].[Cd]. The number of carboxylic acids is 1. The van der Waals surface area contributed by atoms with Gasteiger partial charge in [-0.15, -0.1) is 0 Å². The van der Waals surface area contributed by atoms with Crippen LogP contribution in [0.4, 0.5) is 14.5 Å². The first kappa shape index (κ1) is 20.7. The topological polar surface area (TPSA) is 91.8 Å².